The third-order valence-corrected chi connectivity index (χ3v) is 4.23. The molecule has 2 rings (SSSR count). The number of halogens is 2. The Bertz CT molecular complexity index is 841. The van der Waals surface area contributed by atoms with Crippen molar-refractivity contribution < 1.29 is 27.3 Å². The summed E-state index contributed by atoms with van der Waals surface area (Å²) in [7, 11) is -1.40. The maximum atomic E-state index is 13.1. The number of carbonyl (C=O) groups is 2. The van der Waals surface area contributed by atoms with Gasteiger partial charge in [-0.25, -0.2) is 13.6 Å². The molecular formula is C17H15F2NO4S. The first-order valence-corrected chi connectivity index (χ1v) is 8.74. The minimum Gasteiger partial charge on any atom is -0.449 e. The van der Waals surface area contributed by atoms with Crippen LogP contribution in [-0.4, -0.2) is 28.4 Å². The van der Waals surface area contributed by atoms with E-state index in [-0.39, 0.29) is 11.3 Å². The maximum Gasteiger partial charge on any atom is 0.340 e. The van der Waals surface area contributed by atoms with Crippen molar-refractivity contribution in [1.82, 2.24) is 0 Å². The summed E-state index contributed by atoms with van der Waals surface area (Å²) in [5, 5.41) is 2.32. The summed E-state index contributed by atoms with van der Waals surface area (Å²) in [5.74, 6) is -3.67. The molecule has 2 atom stereocenters. The van der Waals surface area contributed by atoms with Crippen molar-refractivity contribution in [2.24, 2.45) is 0 Å². The second kappa shape index (κ2) is 7.98. The molecule has 0 unspecified atom stereocenters. The number of amides is 1. The Kier molecular flexibility index (Phi) is 5.97. The minimum atomic E-state index is -1.40. The summed E-state index contributed by atoms with van der Waals surface area (Å²) >= 11 is 0. The molecule has 0 spiro atoms. The molecule has 5 nitrogen and oxygen atoms in total. The van der Waals surface area contributed by atoms with Gasteiger partial charge in [0.25, 0.3) is 5.91 Å². The number of carbonyl (C=O) groups excluding carboxylic acids is 2. The van der Waals surface area contributed by atoms with Gasteiger partial charge in [0, 0.05) is 18.0 Å². The van der Waals surface area contributed by atoms with Crippen molar-refractivity contribution in [3.63, 3.8) is 0 Å². The van der Waals surface area contributed by atoms with E-state index in [1.54, 1.807) is 12.1 Å². The second-order valence-electron chi connectivity index (χ2n) is 5.12. The largest absolute Gasteiger partial charge is 0.449 e. The van der Waals surface area contributed by atoms with Crippen molar-refractivity contribution in [2.75, 3.05) is 11.6 Å². The van der Waals surface area contributed by atoms with Crippen LogP contribution in [0.5, 0.6) is 0 Å². The smallest absolute Gasteiger partial charge is 0.340 e. The fourth-order valence-corrected chi connectivity index (χ4v) is 2.71. The molecule has 0 fully saturated rings. The highest BCUT2D eigenvalue weighted by molar-refractivity contribution is 7.84. The topological polar surface area (TPSA) is 72.5 Å². The quantitative estimate of drug-likeness (QED) is 0.825. The molecule has 0 aromatic heterocycles. The zero-order valence-corrected chi connectivity index (χ0v) is 14.2. The lowest BCUT2D eigenvalue weighted by molar-refractivity contribution is -0.123. The van der Waals surface area contributed by atoms with E-state index >= 15 is 0 Å². The summed E-state index contributed by atoms with van der Waals surface area (Å²) in [4.78, 5) is 24.5. The van der Waals surface area contributed by atoms with Gasteiger partial charge in [-0.3, -0.25) is 9.00 Å². The average Bonchev–Trinajstić information content (AvgIpc) is 2.58. The Balaban J connectivity index is 2.07. The van der Waals surface area contributed by atoms with Crippen LogP contribution in [0.25, 0.3) is 0 Å². The van der Waals surface area contributed by atoms with Crippen LogP contribution in [0, 0.1) is 11.6 Å². The molecule has 0 radical (unpaired) electrons. The van der Waals surface area contributed by atoms with Crippen LogP contribution in [0.15, 0.2) is 47.4 Å². The van der Waals surface area contributed by atoms with Crippen LogP contribution < -0.4 is 5.32 Å². The predicted molar refractivity (Wildman–Crippen MR) is 88.6 cm³/mol. The summed E-state index contributed by atoms with van der Waals surface area (Å²) in [6.45, 7) is 1.33. The molecule has 0 saturated carbocycles. The van der Waals surface area contributed by atoms with Crippen LogP contribution in [0.3, 0.4) is 0 Å². The molecule has 0 aliphatic rings. The predicted octanol–water partition coefficient (Wildman–Crippen LogP) is 2.89. The van der Waals surface area contributed by atoms with Crippen LogP contribution in [0.2, 0.25) is 0 Å². The zero-order valence-electron chi connectivity index (χ0n) is 13.4. The number of hydrogen-bond donors (Lipinski definition) is 1. The van der Waals surface area contributed by atoms with Gasteiger partial charge < -0.3 is 10.1 Å². The highest BCUT2D eigenvalue weighted by Gasteiger charge is 2.22. The highest BCUT2D eigenvalue weighted by atomic mass is 32.2. The lowest BCUT2D eigenvalue weighted by Gasteiger charge is -2.14. The van der Waals surface area contributed by atoms with E-state index < -0.39 is 40.4 Å². The average molecular weight is 367 g/mol. The molecule has 25 heavy (non-hydrogen) atoms. The van der Waals surface area contributed by atoms with Crippen LogP contribution in [0.1, 0.15) is 17.3 Å². The Labute approximate surface area is 145 Å². The zero-order chi connectivity index (χ0) is 18.6. The normalized spacial score (nSPS) is 13.0. The molecule has 0 aliphatic heterocycles. The van der Waals surface area contributed by atoms with Crippen molar-refractivity contribution in [2.45, 2.75) is 17.9 Å². The fraction of sp³-hybridized carbons (Fsp3) is 0.176. The van der Waals surface area contributed by atoms with Crippen LogP contribution in [0.4, 0.5) is 14.5 Å². The van der Waals surface area contributed by atoms with Gasteiger partial charge in [-0.05, 0) is 31.2 Å². The van der Waals surface area contributed by atoms with Gasteiger partial charge in [0.15, 0.2) is 17.7 Å². The van der Waals surface area contributed by atoms with Crippen molar-refractivity contribution >= 4 is 28.4 Å². The molecule has 0 aliphatic carbocycles. The summed E-state index contributed by atoms with van der Waals surface area (Å²) in [5.41, 5.74) is 0.123. The Morgan fingerprint density at radius 3 is 2.44 bits per heavy atom. The molecule has 1 amide bonds. The number of esters is 1. The first-order chi connectivity index (χ1) is 11.8. The number of ether oxygens (including phenoxy) is 1. The third kappa shape index (κ3) is 4.69. The van der Waals surface area contributed by atoms with Crippen LogP contribution >= 0.6 is 0 Å². The van der Waals surface area contributed by atoms with Gasteiger partial charge in [0.1, 0.15) is 0 Å². The van der Waals surface area contributed by atoms with Gasteiger partial charge in [-0.2, -0.15) is 0 Å². The van der Waals surface area contributed by atoms with E-state index in [2.05, 4.69) is 5.32 Å². The molecule has 0 heterocycles. The van der Waals surface area contributed by atoms with E-state index in [4.69, 9.17) is 4.74 Å². The van der Waals surface area contributed by atoms with E-state index in [0.29, 0.717) is 4.90 Å². The van der Waals surface area contributed by atoms with E-state index in [0.717, 1.165) is 12.1 Å². The number of benzene rings is 2. The maximum absolute atomic E-state index is 13.1. The monoisotopic (exact) mass is 367 g/mol. The van der Waals surface area contributed by atoms with Gasteiger partial charge in [-0.1, -0.05) is 12.1 Å². The molecule has 0 bridgehead atoms. The molecule has 8 heteroatoms. The minimum absolute atomic E-state index is 0.0295. The van der Waals surface area contributed by atoms with Gasteiger partial charge in [0.05, 0.1) is 21.3 Å². The standard InChI is InChI=1S/C17H15F2NO4S/c1-10(16(21)20-11-7-8-13(18)14(19)9-11)24-17(22)12-5-3-4-6-15(12)25(2)23/h3-10H,1-2H3,(H,20,21)/t10-,25-/m1/s1. The first-order valence-electron chi connectivity index (χ1n) is 7.19. The molecule has 0 saturated heterocycles. The second-order valence-corrected chi connectivity index (χ2v) is 6.46. The number of nitrogens with one attached hydrogen (secondary N) is 1. The Morgan fingerprint density at radius 1 is 1.12 bits per heavy atom. The third-order valence-electron chi connectivity index (χ3n) is 3.26. The summed E-state index contributed by atoms with van der Waals surface area (Å²) in [6, 6.07) is 9.05. The van der Waals surface area contributed by atoms with E-state index in [1.165, 1.54) is 31.4 Å². The SMILES string of the molecule is C[C@@H](OC(=O)c1ccccc1[S@@](C)=O)C(=O)Nc1ccc(F)c(F)c1. The lowest BCUT2D eigenvalue weighted by Crippen LogP contribution is -2.30. The number of hydrogen-bond acceptors (Lipinski definition) is 4. The van der Waals surface area contributed by atoms with Gasteiger partial charge in [-0.15, -0.1) is 0 Å². The Hall–Kier alpha value is -2.61. The van der Waals surface area contributed by atoms with Crippen molar-refractivity contribution in [1.29, 1.82) is 0 Å². The number of rotatable bonds is 5. The fourth-order valence-electron chi connectivity index (χ4n) is 1.98. The molecule has 2 aromatic rings. The summed E-state index contributed by atoms with van der Waals surface area (Å²) < 4.78 is 42.7. The number of anilines is 1. The van der Waals surface area contributed by atoms with E-state index in [1.807, 2.05) is 0 Å². The highest BCUT2D eigenvalue weighted by Crippen LogP contribution is 2.16. The molecule has 132 valence electrons. The molecule has 1 N–H and O–H groups in total. The van der Waals surface area contributed by atoms with Gasteiger partial charge in [0.2, 0.25) is 0 Å². The van der Waals surface area contributed by atoms with Crippen molar-refractivity contribution in [3.8, 4) is 0 Å². The first kappa shape index (κ1) is 18.7. The lowest BCUT2D eigenvalue weighted by atomic mass is 10.2. The molecular weight excluding hydrogens is 352 g/mol. The van der Waals surface area contributed by atoms with E-state index in [9.17, 15) is 22.6 Å². The van der Waals surface area contributed by atoms with Crippen molar-refractivity contribution in [3.05, 3.63) is 59.7 Å². The van der Waals surface area contributed by atoms with Gasteiger partial charge >= 0.3 is 5.97 Å². The van der Waals surface area contributed by atoms with Crippen LogP contribution in [-0.2, 0) is 20.3 Å². The summed E-state index contributed by atoms with van der Waals surface area (Å²) in [6.07, 6.45) is 0.227. The Morgan fingerprint density at radius 2 is 1.80 bits per heavy atom. The molecule has 2 aromatic carbocycles.